The van der Waals surface area contributed by atoms with E-state index in [4.69, 9.17) is 9.47 Å². The van der Waals surface area contributed by atoms with Crippen molar-refractivity contribution in [3.05, 3.63) is 12.8 Å². The van der Waals surface area contributed by atoms with Gasteiger partial charge < -0.3 is 9.47 Å². The average molecular weight is 100 g/mol. The summed E-state index contributed by atoms with van der Waals surface area (Å²) in [7, 11) is 0. The number of ether oxygens (including phenoxy) is 2. The molecule has 1 atom stereocenters. The van der Waals surface area contributed by atoms with E-state index in [1.807, 2.05) is 0 Å². The Hall–Kier alpha value is -0.500. The van der Waals surface area contributed by atoms with Gasteiger partial charge in [-0.1, -0.05) is 6.58 Å². The highest BCUT2D eigenvalue weighted by atomic mass is 16.6. The molecule has 1 fully saturated rings. The van der Waals surface area contributed by atoms with Crippen molar-refractivity contribution in [2.24, 2.45) is 0 Å². The first kappa shape index (κ1) is 4.65. The summed E-state index contributed by atoms with van der Waals surface area (Å²) in [5, 5.41) is 0. The second-order valence-corrected chi connectivity index (χ2v) is 1.46. The maximum atomic E-state index is 4.84. The normalized spacial score (nSPS) is 26.6. The molecule has 1 aliphatic rings. The monoisotopic (exact) mass is 100 g/mol. The summed E-state index contributed by atoms with van der Waals surface area (Å²) < 4.78 is 9.63. The van der Waals surface area contributed by atoms with Crippen LogP contribution >= 0.6 is 0 Å². The van der Waals surface area contributed by atoms with E-state index in [-0.39, 0.29) is 0 Å². The number of epoxide rings is 1. The minimum Gasteiger partial charge on any atom is -0.499 e. The van der Waals surface area contributed by atoms with Crippen molar-refractivity contribution in [1.29, 1.82) is 0 Å². The molecule has 0 unspecified atom stereocenters. The zero-order valence-electron chi connectivity index (χ0n) is 4.09. The fourth-order valence-electron chi connectivity index (χ4n) is 0.340. The zero-order chi connectivity index (χ0) is 5.11. The van der Waals surface area contributed by atoms with Crippen LogP contribution in [0.5, 0.6) is 0 Å². The minimum atomic E-state index is 0.359. The van der Waals surface area contributed by atoms with E-state index in [0.717, 1.165) is 6.61 Å². The first-order valence-electron chi connectivity index (χ1n) is 2.27. The molecule has 7 heavy (non-hydrogen) atoms. The van der Waals surface area contributed by atoms with E-state index in [1.54, 1.807) is 0 Å². The van der Waals surface area contributed by atoms with Gasteiger partial charge in [0.15, 0.2) is 0 Å². The van der Waals surface area contributed by atoms with Gasteiger partial charge in [-0.15, -0.1) is 0 Å². The van der Waals surface area contributed by atoms with Crippen LogP contribution in [0, 0.1) is 0 Å². The maximum absolute atomic E-state index is 4.84. The van der Waals surface area contributed by atoms with E-state index >= 15 is 0 Å². The third-order valence-corrected chi connectivity index (χ3v) is 0.802. The van der Waals surface area contributed by atoms with Crippen molar-refractivity contribution < 1.29 is 9.47 Å². The third-order valence-electron chi connectivity index (χ3n) is 0.802. The van der Waals surface area contributed by atoms with Gasteiger partial charge in [0.05, 0.1) is 12.9 Å². The van der Waals surface area contributed by atoms with Crippen LogP contribution < -0.4 is 0 Å². The fraction of sp³-hybridized carbons (Fsp3) is 0.600. The van der Waals surface area contributed by atoms with Gasteiger partial charge in [0, 0.05) is 0 Å². The van der Waals surface area contributed by atoms with Crippen LogP contribution in [0.15, 0.2) is 12.8 Å². The van der Waals surface area contributed by atoms with E-state index in [2.05, 4.69) is 6.58 Å². The van der Waals surface area contributed by atoms with Crippen LogP contribution in [0.4, 0.5) is 0 Å². The minimum absolute atomic E-state index is 0.359. The van der Waals surface area contributed by atoms with Gasteiger partial charge in [-0.2, -0.15) is 0 Å². The molecule has 2 nitrogen and oxygen atoms in total. The van der Waals surface area contributed by atoms with Crippen LogP contribution in [-0.4, -0.2) is 19.3 Å². The Morgan fingerprint density at radius 1 is 2.00 bits per heavy atom. The predicted octanol–water partition coefficient (Wildman–Crippen LogP) is 0.545. The number of hydrogen-bond donors (Lipinski definition) is 0. The van der Waals surface area contributed by atoms with Crippen LogP contribution in [-0.2, 0) is 9.47 Å². The Morgan fingerprint density at radius 3 is 3.14 bits per heavy atom. The van der Waals surface area contributed by atoms with Crippen LogP contribution in [0.25, 0.3) is 0 Å². The molecule has 1 heterocycles. The van der Waals surface area contributed by atoms with Crippen LogP contribution in [0.2, 0.25) is 0 Å². The second kappa shape index (κ2) is 1.98. The maximum Gasteiger partial charge on any atom is 0.116 e. The van der Waals surface area contributed by atoms with Gasteiger partial charge in [-0.3, -0.25) is 0 Å². The molecule has 1 aliphatic heterocycles. The summed E-state index contributed by atoms with van der Waals surface area (Å²) >= 11 is 0. The van der Waals surface area contributed by atoms with Crippen molar-refractivity contribution in [3.8, 4) is 0 Å². The van der Waals surface area contributed by atoms with Crippen molar-refractivity contribution >= 4 is 0 Å². The van der Waals surface area contributed by atoms with Crippen LogP contribution in [0.3, 0.4) is 0 Å². The molecular formula is C5H8O2. The quantitative estimate of drug-likeness (QED) is 0.381. The second-order valence-electron chi connectivity index (χ2n) is 1.46. The summed E-state index contributed by atoms with van der Waals surface area (Å²) in [6, 6.07) is 0. The molecule has 2 heteroatoms. The highest BCUT2D eigenvalue weighted by Gasteiger charge is 2.21. The lowest BCUT2D eigenvalue weighted by Crippen LogP contribution is -1.94. The SMILES string of the molecule is C=COC[C@H]1CO1. The van der Waals surface area contributed by atoms with Crippen molar-refractivity contribution in [1.82, 2.24) is 0 Å². The smallest absolute Gasteiger partial charge is 0.116 e. The van der Waals surface area contributed by atoms with Gasteiger partial charge in [0.25, 0.3) is 0 Å². The first-order valence-corrected chi connectivity index (χ1v) is 2.27. The number of rotatable bonds is 3. The van der Waals surface area contributed by atoms with Gasteiger partial charge in [-0.05, 0) is 0 Å². The Kier molecular flexibility index (Phi) is 1.32. The zero-order valence-corrected chi connectivity index (χ0v) is 4.09. The molecular weight excluding hydrogens is 92.1 g/mol. The van der Waals surface area contributed by atoms with E-state index in [1.165, 1.54) is 6.26 Å². The highest BCUT2D eigenvalue weighted by molar-refractivity contribution is 4.68. The molecule has 0 aromatic carbocycles. The summed E-state index contributed by atoms with van der Waals surface area (Å²) in [6.45, 7) is 4.91. The Morgan fingerprint density at radius 2 is 2.71 bits per heavy atom. The summed E-state index contributed by atoms with van der Waals surface area (Å²) in [4.78, 5) is 0. The lowest BCUT2D eigenvalue weighted by atomic mass is 10.5. The Balaban J connectivity index is 1.88. The van der Waals surface area contributed by atoms with Gasteiger partial charge >= 0.3 is 0 Å². The summed E-state index contributed by atoms with van der Waals surface area (Å²) in [6.07, 6.45) is 1.79. The lowest BCUT2D eigenvalue weighted by Gasteiger charge is -1.90. The highest BCUT2D eigenvalue weighted by Crippen LogP contribution is 2.07. The van der Waals surface area contributed by atoms with Gasteiger partial charge in [0.2, 0.25) is 0 Å². The molecule has 0 amide bonds. The van der Waals surface area contributed by atoms with E-state index < -0.39 is 0 Å². The lowest BCUT2D eigenvalue weighted by molar-refractivity contribution is 0.213. The standard InChI is InChI=1S/C5H8O2/c1-2-6-3-5-4-7-5/h2,5H,1,3-4H2/t5-/m0/s1. The molecule has 0 bridgehead atoms. The topological polar surface area (TPSA) is 21.8 Å². The van der Waals surface area contributed by atoms with E-state index in [0.29, 0.717) is 12.7 Å². The molecule has 0 radical (unpaired) electrons. The predicted molar refractivity (Wildman–Crippen MR) is 25.9 cm³/mol. The molecule has 0 spiro atoms. The number of hydrogen-bond acceptors (Lipinski definition) is 2. The first-order chi connectivity index (χ1) is 3.43. The summed E-state index contributed by atoms with van der Waals surface area (Å²) in [5.41, 5.74) is 0. The van der Waals surface area contributed by atoms with Crippen molar-refractivity contribution in [2.45, 2.75) is 6.10 Å². The molecule has 40 valence electrons. The van der Waals surface area contributed by atoms with Crippen molar-refractivity contribution in [3.63, 3.8) is 0 Å². The van der Waals surface area contributed by atoms with Crippen molar-refractivity contribution in [2.75, 3.05) is 13.2 Å². The Bertz CT molecular complexity index is 66.5. The molecule has 0 aromatic rings. The van der Waals surface area contributed by atoms with E-state index in [9.17, 15) is 0 Å². The average Bonchev–Trinajstić information content (AvgIpc) is 2.42. The molecule has 0 saturated carbocycles. The third kappa shape index (κ3) is 1.59. The molecule has 0 aliphatic carbocycles. The Labute approximate surface area is 42.7 Å². The molecule has 1 saturated heterocycles. The van der Waals surface area contributed by atoms with Gasteiger partial charge in [0.1, 0.15) is 12.7 Å². The van der Waals surface area contributed by atoms with Gasteiger partial charge in [-0.25, -0.2) is 0 Å². The molecule has 0 aromatic heterocycles. The largest absolute Gasteiger partial charge is 0.499 e. The fourth-order valence-corrected chi connectivity index (χ4v) is 0.340. The molecule has 1 rings (SSSR count). The molecule has 0 N–H and O–H groups in total. The summed E-state index contributed by atoms with van der Waals surface area (Å²) in [5.74, 6) is 0. The van der Waals surface area contributed by atoms with Crippen LogP contribution in [0.1, 0.15) is 0 Å².